The summed E-state index contributed by atoms with van der Waals surface area (Å²) in [7, 11) is 0. The first-order chi connectivity index (χ1) is 12.3. The first-order valence-electron chi connectivity index (χ1n) is 7.79. The molecule has 7 heteroatoms. The molecule has 2 heterocycles. The zero-order valence-corrected chi connectivity index (χ0v) is 13.2. The standard InChI is InChI=1S/C18H14FN3O3/c19-13-7-5-12(6-8-13)18-21-20-17(25-18)11-24-22-15-9-10-23-16-4-2-1-3-14(15)16/h1-8H,9-11H2/b22-15-. The summed E-state index contributed by atoms with van der Waals surface area (Å²) in [6, 6.07) is 13.5. The number of ether oxygens (including phenoxy) is 1. The fourth-order valence-corrected chi connectivity index (χ4v) is 2.50. The van der Waals surface area contributed by atoms with E-state index < -0.39 is 0 Å². The van der Waals surface area contributed by atoms with E-state index in [1.807, 2.05) is 24.3 Å². The van der Waals surface area contributed by atoms with E-state index in [4.69, 9.17) is 14.0 Å². The molecular weight excluding hydrogens is 325 g/mol. The molecule has 0 amide bonds. The monoisotopic (exact) mass is 339 g/mol. The van der Waals surface area contributed by atoms with Gasteiger partial charge in [-0.3, -0.25) is 0 Å². The van der Waals surface area contributed by atoms with Crippen LogP contribution in [-0.2, 0) is 11.4 Å². The second-order valence-electron chi connectivity index (χ2n) is 5.41. The van der Waals surface area contributed by atoms with Gasteiger partial charge in [-0.1, -0.05) is 17.3 Å². The van der Waals surface area contributed by atoms with Gasteiger partial charge in [-0.05, 0) is 36.4 Å². The Hall–Kier alpha value is -3.22. The van der Waals surface area contributed by atoms with Crippen LogP contribution in [-0.4, -0.2) is 22.5 Å². The summed E-state index contributed by atoms with van der Waals surface area (Å²) < 4.78 is 24.0. The van der Waals surface area contributed by atoms with Crippen LogP contribution in [0, 0.1) is 5.82 Å². The summed E-state index contributed by atoms with van der Waals surface area (Å²) in [5.74, 6) is 1.08. The Morgan fingerprint density at radius 3 is 2.80 bits per heavy atom. The van der Waals surface area contributed by atoms with Crippen LogP contribution in [0.15, 0.2) is 58.1 Å². The molecule has 25 heavy (non-hydrogen) atoms. The highest BCUT2D eigenvalue weighted by atomic mass is 19.1. The molecule has 0 saturated heterocycles. The molecule has 1 aromatic heterocycles. The molecule has 6 nitrogen and oxygen atoms in total. The average molecular weight is 339 g/mol. The zero-order chi connectivity index (χ0) is 17.1. The van der Waals surface area contributed by atoms with E-state index in [1.54, 1.807) is 12.1 Å². The maximum atomic E-state index is 12.9. The molecule has 3 aromatic rings. The molecule has 1 aliphatic rings. The van der Waals surface area contributed by atoms with Gasteiger partial charge in [0.2, 0.25) is 5.89 Å². The van der Waals surface area contributed by atoms with Crippen LogP contribution in [0.25, 0.3) is 11.5 Å². The van der Waals surface area contributed by atoms with Gasteiger partial charge >= 0.3 is 0 Å². The second-order valence-corrected chi connectivity index (χ2v) is 5.41. The third-order valence-electron chi connectivity index (χ3n) is 3.72. The number of nitrogens with zero attached hydrogens (tertiary/aromatic N) is 3. The number of hydrogen-bond donors (Lipinski definition) is 0. The van der Waals surface area contributed by atoms with E-state index in [2.05, 4.69) is 15.4 Å². The highest BCUT2D eigenvalue weighted by Gasteiger charge is 2.17. The molecule has 0 N–H and O–H groups in total. The Kier molecular flexibility index (Phi) is 4.12. The third-order valence-corrected chi connectivity index (χ3v) is 3.72. The van der Waals surface area contributed by atoms with E-state index >= 15 is 0 Å². The Morgan fingerprint density at radius 2 is 1.92 bits per heavy atom. The molecule has 0 unspecified atom stereocenters. The predicted molar refractivity (Wildman–Crippen MR) is 87.6 cm³/mol. The Morgan fingerprint density at radius 1 is 1.08 bits per heavy atom. The first kappa shape index (κ1) is 15.3. The Balaban J connectivity index is 1.44. The van der Waals surface area contributed by atoms with Crippen LogP contribution in [0.5, 0.6) is 5.75 Å². The Labute approximate surface area is 142 Å². The van der Waals surface area contributed by atoms with Crippen LogP contribution in [0.3, 0.4) is 0 Å². The largest absolute Gasteiger partial charge is 0.492 e. The molecule has 0 aliphatic carbocycles. The maximum absolute atomic E-state index is 12.9. The number of halogens is 1. The van der Waals surface area contributed by atoms with Crippen LogP contribution >= 0.6 is 0 Å². The van der Waals surface area contributed by atoms with Crippen molar-refractivity contribution in [1.29, 1.82) is 0 Å². The van der Waals surface area contributed by atoms with Gasteiger partial charge in [-0.15, -0.1) is 10.2 Å². The fraction of sp³-hybridized carbons (Fsp3) is 0.167. The molecule has 2 aromatic carbocycles. The van der Waals surface area contributed by atoms with Crippen molar-refractivity contribution < 1.29 is 18.4 Å². The molecule has 4 rings (SSSR count). The topological polar surface area (TPSA) is 69.7 Å². The van der Waals surface area contributed by atoms with Crippen LogP contribution in [0.4, 0.5) is 4.39 Å². The summed E-state index contributed by atoms with van der Waals surface area (Å²) in [6.07, 6.45) is 0.668. The number of benzene rings is 2. The second kappa shape index (κ2) is 6.72. The van der Waals surface area contributed by atoms with Crippen molar-refractivity contribution in [3.8, 4) is 17.2 Å². The summed E-state index contributed by atoms with van der Waals surface area (Å²) in [5.41, 5.74) is 2.39. The summed E-state index contributed by atoms with van der Waals surface area (Å²) in [4.78, 5) is 5.36. The van der Waals surface area contributed by atoms with E-state index in [0.717, 1.165) is 17.0 Å². The molecule has 0 spiro atoms. The van der Waals surface area contributed by atoms with Gasteiger partial charge in [-0.25, -0.2) is 4.39 Å². The number of hydrogen-bond acceptors (Lipinski definition) is 6. The summed E-state index contributed by atoms with van der Waals surface area (Å²) in [6.45, 7) is 0.620. The van der Waals surface area contributed by atoms with Crippen molar-refractivity contribution in [2.24, 2.45) is 5.16 Å². The minimum absolute atomic E-state index is 0.0563. The summed E-state index contributed by atoms with van der Waals surface area (Å²) >= 11 is 0. The third kappa shape index (κ3) is 3.35. The maximum Gasteiger partial charge on any atom is 0.257 e. The van der Waals surface area contributed by atoms with Crippen molar-refractivity contribution in [2.75, 3.05) is 6.61 Å². The lowest BCUT2D eigenvalue weighted by Gasteiger charge is -2.17. The minimum atomic E-state index is -0.320. The van der Waals surface area contributed by atoms with E-state index in [1.165, 1.54) is 12.1 Å². The zero-order valence-electron chi connectivity index (χ0n) is 13.2. The molecule has 0 saturated carbocycles. The van der Waals surface area contributed by atoms with Gasteiger partial charge in [0, 0.05) is 17.5 Å². The quantitative estimate of drug-likeness (QED) is 0.680. The van der Waals surface area contributed by atoms with E-state index in [9.17, 15) is 4.39 Å². The SMILES string of the molecule is Fc1ccc(-c2nnc(CO/N=C3/CCOc4ccccc43)o2)cc1. The van der Waals surface area contributed by atoms with Gasteiger partial charge in [0.1, 0.15) is 11.6 Å². The lowest BCUT2D eigenvalue weighted by Crippen LogP contribution is -2.16. The van der Waals surface area contributed by atoms with Gasteiger partial charge in [0.05, 0.1) is 12.3 Å². The number of rotatable bonds is 4. The molecular formula is C18H14FN3O3. The number of aromatic nitrogens is 2. The van der Waals surface area contributed by atoms with Gasteiger partial charge in [0.25, 0.3) is 5.89 Å². The number of fused-ring (bicyclic) bond motifs is 1. The lowest BCUT2D eigenvalue weighted by atomic mass is 10.0. The van der Waals surface area contributed by atoms with Gasteiger partial charge < -0.3 is 14.0 Å². The van der Waals surface area contributed by atoms with Gasteiger partial charge in [0.15, 0.2) is 6.61 Å². The normalized spacial score (nSPS) is 14.8. The van der Waals surface area contributed by atoms with Crippen molar-refractivity contribution in [1.82, 2.24) is 10.2 Å². The lowest BCUT2D eigenvalue weighted by molar-refractivity contribution is 0.110. The molecule has 126 valence electrons. The van der Waals surface area contributed by atoms with Crippen molar-refractivity contribution in [3.63, 3.8) is 0 Å². The average Bonchev–Trinajstić information content (AvgIpc) is 3.11. The van der Waals surface area contributed by atoms with Crippen molar-refractivity contribution in [3.05, 3.63) is 65.8 Å². The van der Waals surface area contributed by atoms with E-state index in [-0.39, 0.29) is 12.4 Å². The number of para-hydroxylation sites is 1. The molecule has 0 radical (unpaired) electrons. The number of oxime groups is 1. The van der Waals surface area contributed by atoms with Crippen LogP contribution in [0.2, 0.25) is 0 Å². The Bertz CT molecular complexity index is 906. The smallest absolute Gasteiger partial charge is 0.257 e. The van der Waals surface area contributed by atoms with Gasteiger partial charge in [-0.2, -0.15) is 0 Å². The minimum Gasteiger partial charge on any atom is -0.492 e. The van der Waals surface area contributed by atoms with Crippen molar-refractivity contribution >= 4 is 5.71 Å². The predicted octanol–water partition coefficient (Wildman–Crippen LogP) is 3.58. The molecule has 0 fully saturated rings. The van der Waals surface area contributed by atoms with Crippen LogP contribution < -0.4 is 4.74 Å². The first-order valence-corrected chi connectivity index (χ1v) is 7.79. The highest BCUT2D eigenvalue weighted by Crippen LogP contribution is 2.24. The highest BCUT2D eigenvalue weighted by molar-refractivity contribution is 6.03. The van der Waals surface area contributed by atoms with E-state index in [0.29, 0.717) is 30.4 Å². The molecule has 1 aliphatic heterocycles. The van der Waals surface area contributed by atoms with Crippen molar-refractivity contribution in [2.45, 2.75) is 13.0 Å². The van der Waals surface area contributed by atoms with Crippen LogP contribution in [0.1, 0.15) is 17.9 Å². The summed E-state index contributed by atoms with van der Waals surface area (Å²) in [5, 5.41) is 12.0. The molecule has 0 atom stereocenters. The molecule has 0 bridgehead atoms. The fourth-order valence-electron chi connectivity index (χ4n) is 2.50.